The summed E-state index contributed by atoms with van der Waals surface area (Å²) in [6, 6.07) is 6.35. The Hall–Kier alpha value is -0.690. The Labute approximate surface area is 116 Å². The van der Waals surface area contributed by atoms with Gasteiger partial charge in [0.1, 0.15) is 10.4 Å². The highest BCUT2D eigenvalue weighted by Gasteiger charge is 2.33. The molecule has 1 aromatic rings. The normalized spacial score (nSPS) is 20.1. The number of sulfonamides is 1. The maximum absolute atomic E-state index is 12.4. The quantitative estimate of drug-likeness (QED) is 0.932. The van der Waals surface area contributed by atoms with E-state index in [0.717, 1.165) is 15.6 Å². The molecule has 0 saturated carbocycles. The van der Waals surface area contributed by atoms with E-state index in [9.17, 15) is 8.42 Å². The van der Waals surface area contributed by atoms with Gasteiger partial charge in [0.25, 0.3) is 10.0 Å². The van der Waals surface area contributed by atoms with Crippen molar-refractivity contribution in [3.8, 4) is 0 Å². The van der Waals surface area contributed by atoms with Crippen molar-refractivity contribution in [2.45, 2.75) is 23.7 Å². The van der Waals surface area contributed by atoms with Crippen molar-refractivity contribution in [1.29, 1.82) is 0 Å². The summed E-state index contributed by atoms with van der Waals surface area (Å²) >= 11 is 7.27. The number of thioether (sulfide) groups is 1. The Kier molecular flexibility index (Phi) is 3.91. The van der Waals surface area contributed by atoms with Gasteiger partial charge in [-0.2, -0.15) is 0 Å². The minimum atomic E-state index is -3.68. The first kappa shape index (κ1) is 13.7. The zero-order chi connectivity index (χ0) is 13.3. The Balaban J connectivity index is 2.45. The minimum absolute atomic E-state index is 0.0799. The van der Waals surface area contributed by atoms with E-state index in [1.165, 1.54) is 17.8 Å². The lowest BCUT2D eigenvalue weighted by Gasteiger charge is -2.21. The predicted octanol–water partition coefficient (Wildman–Crippen LogP) is 2.57. The van der Waals surface area contributed by atoms with E-state index in [1.807, 2.05) is 6.92 Å². The van der Waals surface area contributed by atoms with E-state index in [0.29, 0.717) is 0 Å². The fourth-order valence-corrected chi connectivity index (χ4v) is 4.71. The van der Waals surface area contributed by atoms with Gasteiger partial charge in [0.05, 0.1) is 5.02 Å². The van der Waals surface area contributed by atoms with Crippen molar-refractivity contribution in [2.24, 2.45) is 5.73 Å². The van der Waals surface area contributed by atoms with Crippen molar-refractivity contribution < 1.29 is 8.42 Å². The highest BCUT2D eigenvalue weighted by Crippen LogP contribution is 2.36. The van der Waals surface area contributed by atoms with E-state index in [4.69, 9.17) is 17.3 Å². The van der Waals surface area contributed by atoms with Crippen LogP contribution < -0.4 is 5.73 Å². The van der Waals surface area contributed by atoms with Gasteiger partial charge in [0.2, 0.25) is 0 Å². The number of benzene rings is 1. The SMILES string of the molecule is CCC1=CN(S(=O)(=O)c2ccccc2Cl)C(N)S1. The molecule has 4 nitrogen and oxygen atoms in total. The first-order valence-corrected chi connectivity index (χ1v) is 8.07. The molecule has 0 spiro atoms. The van der Waals surface area contributed by atoms with Crippen LogP contribution in [0.4, 0.5) is 0 Å². The van der Waals surface area contributed by atoms with E-state index >= 15 is 0 Å². The number of hydrogen-bond acceptors (Lipinski definition) is 4. The molecule has 1 unspecified atom stereocenters. The van der Waals surface area contributed by atoms with Gasteiger partial charge >= 0.3 is 0 Å². The molecule has 1 aliphatic rings. The lowest BCUT2D eigenvalue weighted by molar-refractivity contribution is 0.491. The van der Waals surface area contributed by atoms with Crippen LogP contribution in [0.25, 0.3) is 0 Å². The largest absolute Gasteiger partial charge is 0.301 e. The third-order valence-electron chi connectivity index (χ3n) is 2.53. The second-order valence-corrected chi connectivity index (χ2v) is 7.18. The molecule has 0 fully saturated rings. The molecule has 0 aromatic heterocycles. The monoisotopic (exact) mass is 304 g/mol. The van der Waals surface area contributed by atoms with Gasteiger partial charge in [0.15, 0.2) is 0 Å². The van der Waals surface area contributed by atoms with Crippen LogP contribution in [0.5, 0.6) is 0 Å². The molecule has 0 aliphatic carbocycles. The van der Waals surface area contributed by atoms with Crippen LogP contribution in [0, 0.1) is 0 Å². The molecule has 1 atom stereocenters. The molecule has 1 heterocycles. The Morgan fingerprint density at radius 2 is 2.11 bits per heavy atom. The predicted molar refractivity (Wildman–Crippen MR) is 74.4 cm³/mol. The third kappa shape index (κ3) is 2.38. The molecule has 1 aromatic carbocycles. The number of hydrogen-bond donors (Lipinski definition) is 1. The topological polar surface area (TPSA) is 63.4 Å². The molecular weight excluding hydrogens is 292 g/mol. The summed E-state index contributed by atoms with van der Waals surface area (Å²) in [6.07, 6.45) is 2.33. The number of allylic oxidation sites excluding steroid dienone is 1. The maximum Gasteiger partial charge on any atom is 0.267 e. The third-order valence-corrected chi connectivity index (χ3v) is 6.07. The number of halogens is 1. The minimum Gasteiger partial charge on any atom is -0.301 e. The van der Waals surface area contributed by atoms with Crippen molar-refractivity contribution in [3.05, 3.63) is 40.4 Å². The van der Waals surface area contributed by atoms with Gasteiger partial charge in [-0.05, 0) is 18.6 Å². The number of nitrogens with two attached hydrogens (primary N) is 1. The summed E-state index contributed by atoms with van der Waals surface area (Å²) in [6.45, 7) is 1.96. The van der Waals surface area contributed by atoms with Gasteiger partial charge in [0, 0.05) is 11.1 Å². The molecule has 98 valence electrons. The summed E-state index contributed by atoms with van der Waals surface area (Å²) in [5.41, 5.74) is 5.21. The second kappa shape index (κ2) is 5.13. The lowest BCUT2D eigenvalue weighted by Crippen LogP contribution is -2.37. The molecule has 0 saturated heterocycles. The highest BCUT2D eigenvalue weighted by molar-refractivity contribution is 8.04. The fourth-order valence-electron chi connectivity index (χ4n) is 1.60. The van der Waals surface area contributed by atoms with Gasteiger partial charge < -0.3 is 5.73 Å². The average molecular weight is 305 g/mol. The molecule has 18 heavy (non-hydrogen) atoms. The van der Waals surface area contributed by atoms with Crippen molar-refractivity contribution in [2.75, 3.05) is 0 Å². The number of nitrogens with zero attached hydrogens (tertiary/aromatic N) is 1. The first-order valence-electron chi connectivity index (χ1n) is 5.38. The van der Waals surface area contributed by atoms with Crippen molar-refractivity contribution >= 4 is 33.4 Å². The van der Waals surface area contributed by atoms with Gasteiger partial charge in [-0.1, -0.05) is 42.4 Å². The summed E-state index contributed by atoms with van der Waals surface area (Å²) in [7, 11) is -3.68. The highest BCUT2D eigenvalue weighted by atomic mass is 35.5. The molecule has 0 bridgehead atoms. The summed E-state index contributed by atoms with van der Waals surface area (Å²) in [5.74, 6) is 0. The molecule has 7 heteroatoms. The molecule has 2 rings (SSSR count). The molecule has 0 radical (unpaired) electrons. The van der Waals surface area contributed by atoms with Gasteiger partial charge in [-0.25, -0.2) is 12.7 Å². The summed E-state index contributed by atoms with van der Waals surface area (Å²) < 4.78 is 26.0. The summed E-state index contributed by atoms with van der Waals surface area (Å²) in [4.78, 5) is 1.02. The zero-order valence-corrected chi connectivity index (χ0v) is 12.1. The molecular formula is C11H13ClN2O2S2. The Morgan fingerprint density at radius 1 is 1.44 bits per heavy atom. The zero-order valence-electron chi connectivity index (χ0n) is 9.71. The van der Waals surface area contributed by atoms with E-state index in [1.54, 1.807) is 24.4 Å². The maximum atomic E-state index is 12.4. The van der Waals surface area contributed by atoms with Crippen LogP contribution in [0.2, 0.25) is 5.02 Å². The van der Waals surface area contributed by atoms with E-state index in [-0.39, 0.29) is 9.92 Å². The van der Waals surface area contributed by atoms with Crippen molar-refractivity contribution in [1.82, 2.24) is 4.31 Å². The van der Waals surface area contributed by atoms with Crippen LogP contribution in [0.3, 0.4) is 0 Å². The molecule has 0 amide bonds. The van der Waals surface area contributed by atoms with E-state index in [2.05, 4.69) is 0 Å². The summed E-state index contributed by atoms with van der Waals surface area (Å²) in [5, 5.41) is 0.202. The lowest BCUT2D eigenvalue weighted by atomic mass is 10.4. The van der Waals surface area contributed by atoms with Crippen molar-refractivity contribution in [3.63, 3.8) is 0 Å². The Morgan fingerprint density at radius 3 is 2.67 bits per heavy atom. The fraction of sp³-hybridized carbons (Fsp3) is 0.273. The number of rotatable bonds is 3. The van der Waals surface area contributed by atoms with Gasteiger partial charge in [-0.3, -0.25) is 0 Å². The van der Waals surface area contributed by atoms with Crippen LogP contribution in [0.15, 0.2) is 40.3 Å². The van der Waals surface area contributed by atoms with Crippen LogP contribution in [-0.4, -0.2) is 18.2 Å². The first-order chi connectivity index (χ1) is 8.46. The van der Waals surface area contributed by atoms with E-state index < -0.39 is 15.5 Å². The van der Waals surface area contributed by atoms with Crippen LogP contribution in [0.1, 0.15) is 13.3 Å². The molecule has 1 aliphatic heterocycles. The van der Waals surface area contributed by atoms with Crippen LogP contribution >= 0.6 is 23.4 Å². The Bertz CT molecular complexity index is 586. The second-order valence-electron chi connectivity index (χ2n) is 3.72. The smallest absolute Gasteiger partial charge is 0.267 e. The average Bonchev–Trinajstić information content (AvgIpc) is 2.71. The van der Waals surface area contributed by atoms with Gasteiger partial charge in [-0.15, -0.1) is 0 Å². The molecule has 2 N–H and O–H groups in total. The standard InChI is InChI=1S/C11H13ClN2O2S2/c1-2-8-7-14(11(13)17-8)18(15,16)10-6-4-3-5-9(10)12/h3-7,11H,2,13H2,1H3. The van der Waals surface area contributed by atoms with Crippen LogP contribution in [-0.2, 0) is 10.0 Å².